The number of benzene rings is 3. The Morgan fingerprint density at radius 3 is 2.56 bits per heavy atom. The van der Waals surface area contributed by atoms with E-state index < -0.39 is 0 Å². The van der Waals surface area contributed by atoms with E-state index in [4.69, 9.17) is 15.2 Å². The summed E-state index contributed by atoms with van der Waals surface area (Å²) in [4.78, 5) is 13.0. The molecule has 0 aromatic heterocycles. The second kappa shape index (κ2) is 7.74. The highest BCUT2D eigenvalue weighted by Gasteiger charge is 2.23. The molecule has 0 bridgehead atoms. The quantitative estimate of drug-likeness (QED) is 0.747. The number of nitrogens with two attached hydrogens (primary N) is 1. The van der Waals surface area contributed by atoms with Crippen LogP contribution in [-0.4, -0.2) is 12.3 Å². The molecule has 1 heterocycles. The van der Waals surface area contributed by atoms with Crippen molar-refractivity contribution in [1.82, 2.24) is 0 Å². The maximum absolute atomic E-state index is 13.0. The van der Waals surface area contributed by atoms with Gasteiger partial charge in [-0.15, -0.1) is 0 Å². The van der Waals surface area contributed by atoms with Crippen molar-refractivity contribution >= 4 is 5.78 Å². The maximum atomic E-state index is 13.0. The lowest BCUT2D eigenvalue weighted by atomic mass is 9.96. The van der Waals surface area contributed by atoms with Crippen molar-refractivity contribution in [2.75, 3.05) is 6.54 Å². The molecule has 0 amide bonds. The summed E-state index contributed by atoms with van der Waals surface area (Å²) in [5, 5.41) is 0. The Balaban J connectivity index is 1.61. The fourth-order valence-corrected chi connectivity index (χ4v) is 3.29. The summed E-state index contributed by atoms with van der Waals surface area (Å²) in [5.74, 6) is 0.567. The number of hydrogen-bond acceptors (Lipinski definition) is 4. The molecule has 27 heavy (non-hydrogen) atoms. The van der Waals surface area contributed by atoms with Gasteiger partial charge in [-0.2, -0.15) is 0 Å². The highest BCUT2D eigenvalue weighted by atomic mass is 16.5. The Kier molecular flexibility index (Phi) is 5.01. The predicted molar refractivity (Wildman–Crippen MR) is 104 cm³/mol. The first-order chi connectivity index (χ1) is 13.3. The first-order valence-electron chi connectivity index (χ1n) is 9.01. The minimum absolute atomic E-state index is 0.0289. The van der Waals surface area contributed by atoms with Crippen LogP contribution in [0.3, 0.4) is 0 Å². The van der Waals surface area contributed by atoms with Gasteiger partial charge in [-0.3, -0.25) is 4.79 Å². The van der Waals surface area contributed by atoms with Gasteiger partial charge < -0.3 is 15.2 Å². The van der Waals surface area contributed by atoms with Crippen molar-refractivity contribution in [1.29, 1.82) is 0 Å². The molecule has 0 spiro atoms. The van der Waals surface area contributed by atoms with Crippen molar-refractivity contribution in [2.45, 2.75) is 19.3 Å². The van der Waals surface area contributed by atoms with Gasteiger partial charge >= 0.3 is 0 Å². The molecule has 0 radical (unpaired) electrons. The van der Waals surface area contributed by atoms with Crippen LogP contribution >= 0.6 is 0 Å². The molecule has 1 unspecified atom stereocenters. The molecule has 136 valence electrons. The molecule has 4 nitrogen and oxygen atoms in total. The summed E-state index contributed by atoms with van der Waals surface area (Å²) in [6.45, 7) is 1.18. The zero-order valence-corrected chi connectivity index (χ0v) is 14.9. The minimum atomic E-state index is -0.290. The molecule has 4 rings (SSSR count). The molecule has 2 N–H and O–H groups in total. The first-order valence-corrected chi connectivity index (χ1v) is 9.01. The van der Waals surface area contributed by atoms with E-state index in [2.05, 4.69) is 0 Å². The van der Waals surface area contributed by atoms with Gasteiger partial charge in [-0.25, -0.2) is 0 Å². The lowest BCUT2D eigenvalue weighted by Gasteiger charge is -2.18. The topological polar surface area (TPSA) is 61.5 Å². The smallest absolute Gasteiger partial charge is 0.197 e. The van der Waals surface area contributed by atoms with Crippen LogP contribution < -0.4 is 10.5 Å². The Bertz CT molecular complexity index is 953. The van der Waals surface area contributed by atoms with Gasteiger partial charge in [0.25, 0.3) is 0 Å². The molecular formula is C23H21NO3. The largest absolute Gasteiger partial charge is 0.488 e. The average molecular weight is 359 g/mol. The summed E-state index contributed by atoms with van der Waals surface area (Å²) in [6, 6.07) is 23.1. The van der Waals surface area contributed by atoms with E-state index in [-0.39, 0.29) is 11.9 Å². The molecule has 1 atom stereocenters. The van der Waals surface area contributed by atoms with E-state index >= 15 is 0 Å². The number of ether oxygens (including phenoxy) is 2. The van der Waals surface area contributed by atoms with E-state index in [0.717, 1.165) is 16.7 Å². The van der Waals surface area contributed by atoms with E-state index in [1.54, 1.807) is 0 Å². The van der Waals surface area contributed by atoms with Gasteiger partial charge in [0.15, 0.2) is 5.78 Å². The van der Waals surface area contributed by atoms with Crippen molar-refractivity contribution < 1.29 is 14.3 Å². The Hall–Kier alpha value is -2.95. The fraction of sp³-hybridized carbons (Fsp3) is 0.174. The molecule has 0 aliphatic carbocycles. The van der Waals surface area contributed by atoms with Crippen molar-refractivity contribution in [3.05, 3.63) is 101 Å². The standard InChI is InChI=1S/C23H21NO3/c24-13-22(26-14-16-6-2-1-3-7-16)17-10-11-21-20(12-17)23(25)19-9-5-4-8-18(19)15-27-21/h1-12,22H,13-15,24H2. The third-order valence-electron chi connectivity index (χ3n) is 4.77. The van der Waals surface area contributed by atoms with Gasteiger partial charge in [0.2, 0.25) is 0 Å². The molecule has 0 saturated carbocycles. The number of fused-ring (bicyclic) bond motifs is 2. The van der Waals surface area contributed by atoms with Crippen LogP contribution in [0.15, 0.2) is 72.8 Å². The predicted octanol–water partition coefficient (Wildman–Crippen LogP) is 4.03. The van der Waals surface area contributed by atoms with Crippen LogP contribution in [-0.2, 0) is 18.0 Å². The lowest BCUT2D eigenvalue weighted by Crippen LogP contribution is -2.16. The van der Waals surface area contributed by atoms with Gasteiger partial charge in [-0.05, 0) is 23.3 Å². The van der Waals surface area contributed by atoms with Crippen LogP contribution in [0.4, 0.5) is 0 Å². The minimum Gasteiger partial charge on any atom is -0.488 e. The fourth-order valence-electron chi connectivity index (χ4n) is 3.29. The van der Waals surface area contributed by atoms with Gasteiger partial charge in [0, 0.05) is 17.7 Å². The lowest BCUT2D eigenvalue weighted by molar-refractivity contribution is 0.0456. The Labute approximate surface area is 158 Å². The average Bonchev–Trinajstić information content (AvgIpc) is 2.86. The molecule has 1 aliphatic heterocycles. The number of ketones is 1. The second-order valence-electron chi connectivity index (χ2n) is 6.55. The molecule has 0 fully saturated rings. The van der Waals surface area contributed by atoms with Gasteiger partial charge in [-0.1, -0.05) is 60.7 Å². The number of carbonyl (C=O) groups is 1. The Morgan fingerprint density at radius 1 is 0.963 bits per heavy atom. The van der Waals surface area contributed by atoms with Crippen molar-refractivity contribution in [3.8, 4) is 5.75 Å². The van der Waals surface area contributed by atoms with Crippen LogP contribution in [0.25, 0.3) is 0 Å². The van der Waals surface area contributed by atoms with Crippen LogP contribution in [0.1, 0.15) is 38.7 Å². The molecule has 4 heteroatoms. The normalized spacial score (nSPS) is 13.9. The number of carbonyl (C=O) groups excluding carboxylic acids is 1. The molecular weight excluding hydrogens is 338 g/mol. The molecule has 3 aromatic rings. The Morgan fingerprint density at radius 2 is 1.74 bits per heavy atom. The third-order valence-corrected chi connectivity index (χ3v) is 4.77. The van der Waals surface area contributed by atoms with Gasteiger partial charge in [0.05, 0.1) is 18.3 Å². The second-order valence-corrected chi connectivity index (χ2v) is 6.55. The maximum Gasteiger partial charge on any atom is 0.197 e. The van der Waals surface area contributed by atoms with E-state index in [0.29, 0.717) is 36.6 Å². The zero-order valence-electron chi connectivity index (χ0n) is 14.9. The zero-order chi connectivity index (χ0) is 18.6. The third kappa shape index (κ3) is 3.63. The van der Waals surface area contributed by atoms with Crippen LogP contribution in [0.2, 0.25) is 0 Å². The highest BCUT2D eigenvalue weighted by molar-refractivity contribution is 6.12. The summed E-state index contributed by atoms with van der Waals surface area (Å²) >= 11 is 0. The molecule has 0 saturated heterocycles. The van der Waals surface area contributed by atoms with Crippen molar-refractivity contribution in [3.63, 3.8) is 0 Å². The number of rotatable bonds is 5. The summed E-state index contributed by atoms with van der Waals surface area (Å²) in [5.41, 5.74) is 10.0. The van der Waals surface area contributed by atoms with Crippen LogP contribution in [0, 0.1) is 0 Å². The van der Waals surface area contributed by atoms with E-state index in [9.17, 15) is 4.79 Å². The SMILES string of the molecule is NCC(OCc1ccccc1)c1ccc2c(c1)C(=O)c1ccccc1CO2. The van der Waals surface area contributed by atoms with E-state index in [1.807, 2.05) is 72.8 Å². The summed E-state index contributed by atoms with van der Waals surface area (Å²) in [6.07, 6.45) is -0.290. The summed E-state index contributed by atoms with van der Waals surface area (Å²) in [7, 11) is 0. The number of hydrogen-bond donors (Lipinski definition) is 1. The monoisotopic (exact) mass is 359 g/mol. The van der Waals surface area contributed by atoms with E-state index in [1.165, 1.54) is 0 Å². The highest BCUT2D eigenvalue weighted by Crippen LogP contribution is 2.31. The summed E-state index contributed by atoms with van der Waals surface area (Å²) < 4.78 is 11.9. The van der Waals surface area contributed by atoms with Crippen LogP contribution in [0.5, 0.6) is 5.75 Å². The van der Waals surface area contributed by atoms with Crippen molar-refractivity contribution in [2.24, 2.45) is 5.73 Å². The van der Waals surface area contributed by atoms with Gasteiger partial charge in [0.1, 0.15) is 12.4 Å². The first kappa shape index (κ1) is 17.5. The molecule has 3 aromatic carbocycles. The molecule has 1 aliphatic rings.